The first kappa shape index (κ1) is 15.2. The third kappa shape index (κ3) is 11.3. The minimum Gasteiger partial charge on any atom is -0.460 e. The van der Waals surface area contributed by atoms with E-state index in [1.54, 1.807) is 0 Å². The average Bonchev–Trinajstić information content (AvgIpc) is 2.13. The third-order valence-electron chi connectivity index (χ3n) is 2.21. The first-order chi connectivity index (χ1) is 7.45. The second-order valence-corrected chi connectivity index (χ2v) is 5.18. The normalized spacial score (nSPS) is 11.2. The van der Waals surface area contributed by atoms with Gasteiger partial charge in [0.25, 0.3) is 0 Å². The lowest BCUT2D eigenvalue weighted by Crippen LogP contribution is -2.23. The van der Waals surface area contributed by atoms with E-state index in [9.17, 15) is 4.79 Å². The van der Waals surface area contributed by atoms with Gasteiger partial charge in [-0.15, -0.1) is 6.58 Å². The number of rotatable bonds is 8. The van der Waals surface area contributed by atoms with Crippen molar-refractivity contribution < 1.29 is 9.53 Å². The number of hydrogen-bond acceptors (Lipinski definition) is 2. The second kappa shape index (κ2) is 8.37. The summed E-state index contributed by atoms with van der Waals surface area (Å²) in [5.74, 6) is -0.0707. The smallest absolute Gasteiger partial charge is 0.306 e. The zero-order valence-electron chi connectivity index (χ0n) is 11.1. The molecule has 0 bridgehead atoms. The van der Waals surface area contributed by atoms with Gasteiger partial charge in [0.15, 0.2) is 0 Å². The van der Waals surface area contributed by atoms with Crippen molar-refractivity contribution in [1.82, 2.24) is 0 Å². The molecular formula is C14H26O2. The van der Waals surface area contributed by atoms with E-state index >= 15 is 0 Å². The highest BCUT2D eigenvalue weighted by Crippen LogP contribution is 2.12. The van der Waals surface area contributed by atoms with Crippen molar-refractivity contribution >= 4 is 5.97 Å². The first-order valence-electron chi connectivity index (χ1n) is 6.28. The minimum absolute atomic E-state index is 0.0707. The molecule has 0 radical (unpaired) electrons. The lowest BCUT2D eigenvalue weighted by atomic mass is 10.1. The SMILES string of the molecule is C=CCCCCCCCC(=O)OC(C)(C)C. The van der Waals surface area contributed by atoms with Crippen LogP contribution in [0.3, 0.4) is 0 Å². The van der Waals surface area contributed by atoms with E-state index in [-0.39, 0.29) is 11.6 Å². The van der Waals surface area contributed by atoms with Crippen molar-refractivity contribution in [2.45, 2.75) is 71.3 Å². The zero-order chi connectivity index (χ0) is 12.4. The predicted octanol–water partition coefficient (Wildman–Crippen LogP) is 4.24. The molecule has 0 saturated carbocycles. The number of allylic oxidation sites excluding steroid dienone is 1. The van der Waals surface area contributed by atoms with Crippen LogP contribution < -0.4 is 0 Å². The van der Waals surface area contributed by atoms with Crippen LogP contribution in [0.15, 0.2) is 12.7 Å². The molecular weight excluding hydrogens is 200 g/mol. The zero-order valence-corrected chi connectivity index (χ0v) is 11.1. The van der Waals surface area contributed by atoms with Crippen LogP contribution in [0.4, 0.5) is 0 Å². The Labute approximate surface area is 100 Å². The van der Waals surface area contributed by atoms with Gasteiger partial charge in [-0.05, 0) is 40.0 Å². The lowest BCUT2D eigenvalue weighted by molar-refractivity contribution is -0.154. The number of carbonyl (C=O) groups is 1. The molecule has 0 rings (SSSR count). The van der Waals surface area contributed by atoms with Gasteiger partial charge in [-0.2, -0.15) is 0 Å². The molecule has 0 atom stereocenters. The van der Waals surface area contributed by atoms with Crippen LogP contribution in [0.1, 0.15) is 65.7 Å². The van der Waals surface area contributed by atoms with Gasteiger partial charge in [0, 0.05) is 6.42 Å². The van der Waals surface area contributed by atoms with E-state index in [4.69, 9.17) is 4.74 Å². The minimum atomic E-state index is -0.346. The summed E-state index contributed by atoms with van der Waals surface area (Å²) in [6.45, 7) is 9.40. The van der Waals surface area contributed by atoms with Crippen molar-refractivity contribution in [1.29, 1.82) is 0 Å². The van der Waals surface area contributed by atoms with Crippen molar-refractivity contribution in [3.8, 4) is 0 Å². The quantitative estimate of drug-likeness (QED) is 0.351. The van der Waals surface area contributed by atoms with Crippen molar-refractivity contribution in [3.63, 3.8) is 0 Å². The summed E-state index contributed by atoms with van der Waals surface area (Å²) < 4.78 is 5.23. The van der Waals surface area contributed by atoms with E-state index in [2.05, 4.69) is 6.58 Å². The largest absolute Gasteiger partial charge is 0.460 e. The van der Waals surface area contributed by atoms with Gasteiger partial charge in [0.05, 0.1) is 0 Å². The third-order valence-corrected chi connectivity index (χ3v) is 2.21. The van der Waals surface area contributed by atoms with Gasteiger partial charge in [-0.3, -0.25) is 4.79 Å². The highest BCUT2D eigenvalue weighted by Gasteiger charge is 2.15. The summed E-state index contributed by atoms with van der Waals surface area (Å²) in [5, 5.41) is 0. The summed E-state index contributed by atoms with van der Waals surface area (Å²) >= 11 is 0. The maximum absolute atomic E-state index is 11.4. The summed E-state index contributed by atoms with van der Waals surface area (Å²) in [4.78, 5) is 11.4. The van der Waals surface area contributed by atoms with Crippen LogP contribution in [0.5, 0.6) is 0 Å². The highest BCUT2D eigenvalue weighted by molar-refractivity contribution is 5.69. The summed E-state index contributed by atoms with van der Waals surface area (Å²) in [6, 6.07) is 0. The van der Waals surface area contributed by atoms with Crippen molar-refractivity contribution in [2.24, 2.45) is 0 Å². The molecule has 94 valence electrons. The van der Waals surface area contributed by atoms with Crippen LogP contribution in [0, 0.1) is 0 Å². The Balaban J connectivity index is 3.31. The van der Waals surface area contributed by atoms with Gasteiger partial charge in [0.2, 0.25) is 0 Å². The van der Waals surface area contributed by atoms with Crippen molar-refractivity contribution in [3.05, 3.63) is 12.7 Å². The fourth-order valence-corrected chi connectivity index (χ4v) is 1.48. The van der Waals surface area contributed by atoms with Gasteiger partial charge >= 0.3 is 5.97 Å². The van der Waals surface area contributed by atoms with Crippen LogP contribution in [0.2, 0.25) is 0 Å². The Bertz CT molecular complexity index is 201. The van der Waals surface area contributed by atoms with Crippen LogP contribution >= 0.6 is 0 Å². The van der Waals surface area contributed by atoms with Gasteiger partial charge < -0.3 is 4.74 Å². The Hall–Kier alpha value is -0.790. The number of carbonyl (C=O) groups excluding carboxylic acids is 1. The summed E-state index contributed by atoms with van der Waals surface area (Å²) in [7, 11) is 0. The standard InChI is InChI=1S/C14H26O2/c1-5-6-7-8-9-10-11-12-13(15)16-14(2,3)4/h5H,1,6-12H2,2-4H3. The van der Waals surface area contributed by atoms with Crippen LogP contribution in [-0.4, -0.2) is 11.6 Å². The molecule has 0 amide bonds. The summed E-state index contributed by atoms with van der Waals surface area (Å²) in [6.07, 6.45) is 9.35. The molecule has 16 heavy (non-hydrogen) atoms. The molecule has 0 aliphatic rings. The Morgan fingerprint density at radius 2 is 1.69 bits per heavy atom. The average molecular weight is 226 g/mol. The maximum Gasteiger partial charge on any atom is 0.306 e. The predicted molar refractivity (Wildman–Crippen MR) is 68.4 cm³/mol. The highest BCUT2D eigenvalue weighted by atomic mass is 16.6. The van der Waals surface area contributed by atoms with E-state index < -0.39 is 0 Å². The second-order valence-electron chi connectivity index (χ2n) is 5.18. The molecule has 0 aromatic rings. The molecule has 0 aliphatic heterocycles. The van der Waals surface area contributed by atoms with E-state index in [1.165, 1.54) is 19.3 Å². The molecule has 0 saturated heterocycles. The Morgan fingerprint density at radius 3 is 2.25 bits per heavy atom. The lowest BCUT2D eigenvalue weighted by Gasteiger charge is -2.19. The maximum atomic E-state index is 11.4. The van der Waals surface area contributed by atoms with Gasteiger partial charge in [-0.25, -0.2) is 0 Å². The monoisotopic (exact) mass is 226 g/mol. The Morgan fingerprint density at radius 1 is 1.12 bits per heavy atom. The van der Waals surface area contributed by atoms with E-state index in [0.717, 1.165) is 19.3 Å². The molecule has 0 unspecified atom stereocenters. The number of hydrogen-bond donors (Lipinski definition) is 0. The molecule has 0 spiro atoms. The number of ether oxygens (including phenoxy) is 1. The topological polar surface area (TPSA) is 26.3 Å². The molecule has 0 heterocycles. The number of unbranched alkanes of at least 4 members (excludes halogenated alkanes) is 5. The fourth-order valence-electron chi connectivity index (χ4n) is 1.48. The van der Waals surface area contributed by atoms with E-state index in [1.807, 2.05) is 26.8 Å². The number of esters is 1. The van der Waals surface area contributed by atoms with Gasteiger partial charge in [-0.1, -0.05) is 25.3 Å². The molecule has 2 nitrogen and oxygen atoms in total. The Kier molecular flexibility index (Phi) is 7.96. The summed E-state index contributed by atoms with van der Waals surface area (Å²) in [5.41, 5.74) is -0.346. The van der Waals surface area contributed by atoms with Crippen molar-refractivity contribution in [2.75, 3.05) is 0 Å². The molecule has 0 fully saturated rings. The van der Waals surface area contributed by atoms with E-state index in [0.29, 0.717) is 6.42 Å². The van der Waals surface area contributed by atoms with Crippen LogP contribution in [0.25, 0.3) is 0 Å². The molecule has 0 aromatic carbocycles. The molecule has 0 aromatic heterocycles. The van der Waals surface area contributed by atoms with Crippen LogP contribution in [-0.2, 0) is 9.53 Å². The fraction of sp³-hybridized carbons (Fsp3) is 0.786. The molecule has 0 aliphatic carbocycles. The van der Waals surface area contributed by atoms with Gasteiger partial charge in [0.1, 0.15) is 5.60 Å². The molecule has 0 N–H and O–H groups in total. The molecule has 2 heteroatoms. The first-order valence-corrected chi connectivity index (χ1v) is 6.28.